The number of benzene rings is 1. The Morgan fingerprint density at radius 1 is 1.40 bits per heavy atom. The van der Waals surface area contributed by atoms with Crippen LogP contribution < -0.4 is 5.01 Å². The monoisotopic (exact) mass is 407 g/mol. The molecule has 0 amide bonds. The Bertz CT molecular complexity index is 523. The average Bonchev–Trinajstić information content (AvgIpc) is 2.69. The number of anilines is 1. The second-order valence-electron chi connectivity index (χ2n) is 5.88. The third kappa shape index (κ3) is 2.62. The topological polar surface area (TPSA) is 37.2 Å². The SMILES string of the molecule is COCC1N(c2ccccc2F)N=NC1(I)[Si](C)(C)C. The minimum atomic E-state index is -1.66. The van der Waals surface area contributed by atoms with Gasteiger partial charge in [-0.3, -0.25) is 0 Å². The molecule has 0 N–H and O–H groups in total. The molecule has 110 valence electrons. The fourth-order valence-electron chi connectivity index (χ4n) is 2.25. The lowest BCUT2D eigenvalue weighted by Gasteiger charge is -2.38. The summed E-state index contributed by atoms with van der Waals surface area (Å²) in [7, 11) is -0.00673. The molecular formula is C13H19FIN3OSi. The largest absolute Gasteiger partial charge is 0.382 e. The van der Waals surface area contributed by atoms with Crippen molar-refractivity contribution in [2.75, 3.05) is 18.7 Å². The number of rotatable bonds is 4. The van der Waals surface area contributed by atoms with E-state index in [9.17, 15) is 4.39 Å². The molecule has 7 heteroatoms. The summed E-state index contributed by atoms with van der Waals surface area (Å²) in [5, 5.41) is 10.4. The maximum atomic E-state index is 14.0. The third-order valence-electron chi connectivity index (χ3n) is 3.50. The van der Waals surface area contributed by atoms with Gasteiger partial charge >= 0.3 is 0 Å². The number of nitrogens with zero attached hydrogens (tertiary/aromatic N) is 3. The lowest BCUT2D eigenvalue weighted by atomic mass is 10.2. The number of halogens is 2. The van der Waals surface area contributed by atoms with Crippen LogP contribution in [0.25, 0.3) is 0 Å². The Balaban J connectivity index is 2.42. The summed E-state index contributed by atoms with van der Waals surface area (Å²) in [6.07, 6.45) is 0. The Labute approximate surface area is 133 Å². The average molecular weight is 407 g/mol. The van der Waals surface area contributed by atoms with Gasteiger partial charge in [0, 0.05) is 7.11 Å². The van der Waals surface area contributed by atoms with Gasteiger partial charge in [0.1, 0.15) is 15.0 Å². The zero-order valence-corrected chi connectivity index (χ0v) is 15.3. The molecule has 0 spiro atoms. The van der Waals surface area contributed by atoms with Gasteiger partial charge in [-0.1, -0.05) is 59.6 Å². The number of alkyl halides is 1. The highest BCUT2D eigenvalue weighted by Gasteiger charge is 2.54. The van der Waals surface area contributed by atoms with Crippen molar-refractivity contribution in [3.8, 4) is 0 Å². The van der Waals surface area contributed by atoms with Crippen LogP contribution in [-0.4, -0.2) is 31.0 Å². The molecule has 1 heterocycles. The minimum absolute atomic E-state index is 0.0864. The Kier molecular flexibility index (Phi) is 4.50. The van der Waals surface area contributed by atoms with Crippen LogP contribution >= 0.6 is 22.6 Å². The summed E-state index contributed by atoms with van der Waals surface area (Å²) in [5.41, 5.74) is 0.454. The van der Waals surface area contributed by atoms with Gasteiger partial charge in [-0.2, -0.15) is 5.11 Å². The van der Waals surface area contributed by atoms with E-state index in [2.05, 4.69) is 52.6 Å². The Morgan fingerprint density at radius 2 is 2.05 bits per heavy atom. The smallest absolute Gasteiger partial charge is 0.148 e. The lowest BCUT2D eigenvalue weighted by molar-refractivity contribution is 0.177. The van der Waals surface area contributed by atoms with Crippen molar-refractivity contribution in [2.24, 2.45) is 10.3 Å². The summed E-state index contributed by atoms with van der Waals surface area (Å²) in [5.74, 6) is -0.288. The molecule has 0 radical (unpaired) electrons. The van der Waals surface area contributed by atoms with Crippen molar-refractivity contribution < 1.29 is 9.13 Å². The van der Waals surface area contributed by atoms with Crippen LogP contribution in [0.4, 0.5) is 10.1 Å². The number of hydrogen-bond acceptors (Lipinski definition) is 4. The van der Waals surface area contributed by atoms with Crippen LogP contribution in [0.5, 0.6) is 0 Å². The molecule has 1 aliphatic heterocycles. The van der Waals surface area contributed by atoms with Gasteiger partial charge in [0.2, 0.25) is 0 Å². The summed E-state index contributed by atoms with van der Waals surface area (Å²) < 4.78 is 19.0. The quantitative estimate of drug-likeness (QED) is 0.327. The van der Waals surface area contributed by atoms with Gasteiger partial charge in [-0.15, -0.1) is 0 Å². The van der Waals surface area contributed by atoms with Crippen LogP contribution in [0.15, 0.2) is 34.6 Å². The fraction of sp³-hybridized carbons (Fsp3) is 0.538. The molecule has 1 aromatic rings. The first-order valence-corrected chi connectivity index (χ1v) is 11.0. The molecule has 0 aromatic heterocycles. The highest BCUT2D eigenvalue weighted by molar-refractivity contribution is 14.1. The zero-order chi connectivity index (χ0) is 15.0. The third-order valence-corrected chi connectivity index (χ3v) is 11.8. The molecule has 4 nitrogen and oxygen atoms in total. The van der Waals surface area contributed by atoms with E-state index in [-0.39, 0.29) is 15.0 Å². The number of para-hydroxylation sites is 1. The predicted octanol–water partition coefficient (Wildman–Crippen LogP) is 4.04. The first-order chi connectivity index (χ1) is 9.31. The molecule has 0 aliphatic carbocycles. The first-order valence-electron chi connectivity index (χ1n) is 6.45. The van der Waals surface area contributed by atoms with E-state index >= 15 is 0 Å². The molecule has 2 unspecified atom stereocenters. The van der Waals surface area contributed by atoms with Gasteiger partial charge in [-0.05, 0) is 12.1 Å². The van der Waals surface area contributed by atoms with E-state index in [1.165, 1.54) is 6.07 Å². The van der Waals surface area contributed by atoms with Crippen LogP contribution in [0.3, 0.4) is 0 Å². The minimum Gasteiger partial charge on any atom is -0.382 e. The van der Waals surface area contributed by atoms with Crippen molar-refractivity contribution >= 4 is 36.4 Å². The van der Waals surface area contributed by atoms with Crippen LogP contribution in [0.1, 0.15) is 0 Å². The van der Waals surface area contributed by atoms with E-state index in [1.54, 1.807) is 30.3 Å². The van der Waals surface area contributed by atoms with E-state index in [0.717, 1.165) is 0 Å². The maximum absolute atomic E-state index is 14.0. The van der Waals surface area contributed by atoms with E-state index < -0.39 is 8.07 Å². The van der Waals surface area contributed by atoms with E-state index in [0.29, 0.717) is 12.3 Å². The fourth-order valence-corrected chi connectivity index (χ4v) is 4.34. The van der Waals surface area contributed by atoms with Crippen molar-refractivity contribution in [3.05, 3.63) is 30.1 Å². The maximum Gasteiger partial charge on any atom is 0.148 e. The molecule has 2 atom stereocenters. The summed E-state index contributed by atoms with van der Waals surface area (Å²) in [4.78, 5) is 0. The second-order valence-corrected chi connectivity index (χ2v) is 13.8. The van der Waals surface area contributed by atoms with Crippen molar-refractivity contribution in [3.63, 3.8) is 0 Å². The molecular weight excluding hydrogens is 388 g/mol. The number of methoxy groups -OCH3 is 1. The highest BCUT2D eigenvalue weighted by atomic mass is 127. The van der Waals surface area contributed by atoms with Crippen molar-refractivity contribution in [2.45, 2.75) is 28.9 Å². The standard InChI is InChI=1S/C13H19FIN3OSi/c1-19-9-12-13(15,20(2,3)4)16-17-18(12)11-8-6-5-7-10(11)14/h5-8,12H,9H2,1-4H3. The van der Waals surface area contributed by atoms with E-state index in [4.69, 9.17) is 4.74 Å². The van der Waals surface area contributed by atoms with Crippen LogP contribution in [0.2, 0.25) is 19.6 Å². The van der Waals surface area contributed by atoms with Crippen molar-refractivity contribution in [1.82, 2.24) is 0 Å². The van der Waals surface area contributed by atoms with Gasteiger partial charge in [0.25, 0.3) is 0 Å². The van der Waals surface area contributed by atoms with Gasteiger partial charge < -0.3 is 4.74 Å². The lowest BCUT2D eigenvalue weighted by Crippen LogP contribution is -2.57. The molecule has 0 bridgehead atoms. The number of ether oxygens (including phenoxy) is 1. The Hall–Kier alpha value is -0.543. The van der Waals surface area contributed by atoms with Crippen LogP contribution in [0, 0.1) is 5.82 Å². The molecule has 20 heavy (non-hydrogen) atoms. The molecule has 1 aliphatic rings. The molecule has 2 rings (SSSR count). The predicted molar refractivity (Wildman–Crippen MR) is 89.5 cm³/mol. The van der Waals surface area contributed by atoms with Crippen LogP contribution in [-0.2, 0) is 4.74 Å². The van der Waals surface area contributed by atoms with E-state index in [1.807, 2.05) is 0 Å². The molecule has 0 saturated carbocycles. The normalized spacial score (nSPS) is 26.3. The zero-order valence-electron chi connectivity index (χ0n) is 12.1. The molecule has 1 aromatic carbocycles. The van der Waals surface area contributed by atoms with Gasteiger partial charge in [0.05, 0.1) is 20.4 Å². The molecule has 0 saturated heterocycles. The highest BCUT2D eigenvalue weighted by Crippen LogP contribution is 2.44. The first kappa shape index (κ1) is 15.8. The van der Waals surface area contributed by atoms with Gasteiger partial charge in [0.15, 0.2) is 0 Å². The Morgan fingerprint density at radius 3 is 2.60 bits per heavy atom. The molecule has 0 fully saturated rings. The summed E-state index contributed by atoms with van der Waals surface area (Å²) >= 11 is 2.37. The summed E-state index contributed by atoms with van der Waals surface area (Å²) in [6, 6.07) is 6.56. The second kappa shape index (κ2) is 5.68. The summed E-state index contributed by atoms with van der Waals surface area (Å²) in [6.45, 7) is 7.19. The number of hydrogen-bond donors (Lipinski definition) is 0. The van der Waals surface area contributed by atoms with Crippen molar-refractivity contribution in [1.29, 1.82) is 0 Å². The van der Waals surface area contributed by atoms with Gasteiger partial charge in [-0.25, -0.2) is 9.40 Å².